The zero-order valence-electron chi connectivity index (χ0n) is 10.0. The molecule has 0 saturated heterocycles. The van der Waals surface area contributed by atoms with Crippen LogP contribution in [-0.2, 0) is 6.42 Å². The van der Waals surface area contributed by atoms with Crippen molar-refractivity contribution in [1.82, 2.24) is 0 Å². The van der Waals surface area contributed by atoms with Crippen LogP contribution in [0.4, 0.5) is 5.69 Å². The first-order chi connectivity index (χ1) is 9.15. The van der Waals surface area contributed by atoms with Crippen molar-refractivity contribution in [1.29, 1.82) is 0 Å². The Balaban J connectivity index is 2.07. The molecule has 2 aromatic rings. The van der Waals surface area contributed by atoms with E-state index in [1.807, 2.05) is 6.07 Å². The van der Waals surface area contributed by atoms with Gasteiger partial charge in [0.1, 0.15) is 0 Å². The van der Waals surface area contributed by atoms with E-state index in [4.69, 9.17) is 23.2 Å². The van der Waals surface area contributed by atoms with E-state index in [1.165, 1.54) is 0 Å². The number of rotatable bonds is 2. The minimum Gasteiger partial charge on any atom is -0.384 e. The van der Waals surface area contributed by atoms with Crippen LogP contribution in [0.2, 0.25) is 10.0 Å². The van der Waals surface area contributed by atoms with Gasteiger partial charge in [-0.05, 0) is 48.4 Å². The van der Waals surface area contributed by atoms with Crippen LogP contribution in [0.1, 0.15) is 21.5 Å². The van der Waals surface area contributed by atoms with E-state index in [1.54, 1.807) is 30.3 Å². The second kappa shape index (κ2) is 4.87. The van der Waals surface area contributed by atoms with Crippen LogP contribution >= 0.6 is 23.2 Å². The summed E-state index contributed by atoms with van der Waals surface area (Å²) in [6, 6.07) is 10.5. The normalized spacial score (nSPS) is 12.9. The summed E-state index contributed by atoms with van der Waals surface area (Å²) in [7, 11) is 0. The molecule has 1 aliphatic heterocycles. The highest BCUT2D eigenvalue weighted by Gasteiger charge is 2.20. The predicted molar refractivity (Wildman–Crippen MR) is 78.5 cm³/mol. The van der Waals surface area contributed by atoms with Crippen molar-refractivity contribution in [3.05, 3.63) is 63.1 Å². The fourth-order valence-electron chi connectivity index (χ4n) is 2.33. The van der Waals surface area contributed by atoms with Gasteiger partial charge in [0.2, 0.25) is 0 Å². The lowest BCUT2D eigenvalue weighted by molar-refractivity contribution is 0.103. The second-order valence-electron chi connectivity index (χ2n) is 4.50. The van der Waals surface area contributed by atoms with Gasteiger partial charge in [0.05, 0.1) is 0 Å². The summed E-state index contributed by atoms with van der Waals surface area (Å²) in [5, 5.41) is 4.47. The van der Waals surface area contributed by atoms with Crippen LogP contribution in [0.15, 0.2) is 36.4 Å². The molecule has 1 N–H and O–H groups in total. The Labute approximate surface area is 121 Å². The average Bonchev–Trinajstić information content (AvgIpc) is 2.85. The number of halogens is 2. The number of nitrogens with one attached hydrogen (secondary N) is 1. The molecule has 1 aliphatic rings. The van der Waals surface area contributed by atoms with Gasteiger partial charge in [-0.3, -0.25) is 4.79 Å². The second-order valence-corrected chi connectivity index (χ2v) is 5.37. The highest BCUT2D eigenvalue weighted by atomic mass is 35.5. The Hall–Kier alpha value is -1.51. The smallest absolute Gasteiger partial charge is 0.195 e. The van der Waals surface area contributed by atoms with E-state index in [-0.39, 0.29) is 5.78 Å². The number of ketones is 1. The Bertz CT molecular complexity index is 650. The summed E-state index contributed by atoms with van der Waals surface area (Å²) >= 11 is 11.9. The molecule has 4 heteroatoms. The van der Waals surface area contributed by atoms with E-state index in [9.17, 15) is 4.79 Å². The summed E-state index contributed by atoms with van der Waals surface area (Å²) in [4.78, 5) is 12.5. The monoisotopic (exact) mass is 291 g/mol. The van der Waals surface area contributed by atoms with Gasteiger partial charge < -0.3 is 5.32 Å². The van der Waals surface area contributed by atoms with Crippen LogP contribution in [0.5, 0.6) is 0 Å². The largest absolute Gasteiger partial charge is 0.384 e. The third-order valence-electron chi connectivity index (χ3n) is 3.23. The van der Waals surface area contributed by atoms with E-state index in [2.05, 4.69) is 5.32 Å². The van der Waals surface area contributed by atoms with Crippen molar-refractivity contribution in [2.75, 3.05) is 11.9 Å². The Morgan fingerprint density at radius 1 is 1.05 bits per heavy atom. The minimum atomic E-state index is -0.0372. The number of carbonyl (C=O) groups excluding carboxylic acids is 1. The first-order valence-corrected chi connectivity index (χ1v) is 6.77. The Morgan fingerprint density at radius 2 is 1.79 bits per heavy atom. The minimum absolute atomic E-state index is 0.0372. The number of carbonyl (C=O) groups is 1. The SMILES string of the molecule is O=C(c1ccc(Cl)cc1)c1cc(Cl)cc2c1NCC2. The average molecular weight is 292 g/mol. The molecule has 19 heavy (non-hydrogen) atoms. The number of fused-ring (bicyclic) bond motifs is 1. The summed E-state index contributed by atoms with van der Waals surface area (Å²) in [6.45, 7) is 0.844. The van der Waals surface area contributed by atoms with Gasteiger partial charge in [0, 0.05) is 33.4 Å². The van der Waals surface area contributed by atoms with Gasteiger partial charge in [-0.2, -0.15) is 0 Å². The van der Waals surface area contributed by atoms with Crippen molar-refractivity contribution in [2.24, 2.45) is 0 Å². The first-order valence-electron chi connectivity index (χ1n) is 6.02. The molecular formula is C15H11Cl2NO. The Kier molecular flexibility index (Phi) is 3.21. The van der Waals surface area contributed by atoms with E-state index >= 15 is 0 Å². The molecule has 3 rings (SSSR count). The van der Waals surface area contributed by atoms with Crippen molar-refractivity contribution in [3.8, 4) is 0 Å². The maximum Gasteiger partial charge on any atom is 0.195 e. The van der Waals surface area contributed by atoms with Crippen molar-refractivity contribution < 1.29 is 4.79 Å². The molecule has 0 unspecified atom stereocenters. The number of hydrogen-bond donors (Lipinski definition) is 1. The lowest BCUT2D eigenvalue weighted by Gasteiger charge is -2.09. The zero-order valence-corrected chi connectivity index (χ0v) is 11.6. The maximum atomic E-state index is 12.5. The lowest BCUT2D eigenvalue weighted by Crippen LogP contribution is -2.05. The van der Waals surface area contributed by atoms with Crippen LogP contribution in [0, 0.1) is 0 Å². The molecule has 0 saturated carbocycles. The van der Waals surface area contributed by atoms with Gasteiger partial charge in [-0.25, -0.2) is 0 Å². The number of benzene rings is 2. The molecule has 0 aromatic heterocycles. The molecule has 0 radical (unpaired) electrons. The zero-order chi connectivity index (χ0) is 13.4. The van der Waals surface area contributed by atoms with Gasteiger partial charge in [0.15, 0.2) is 5.78 Å². The van der Waals surface area contributed by atoms with Gasteiger partial charge in [0.25, 0.3) is 0 Å². The fourth-order valence-corrected chi connectivity index (χ4v) is 2.69. The van der Waals surface area contributed by atoms with Gasteiger partial charge >= 0.3 is 0 Å². The standard InChI is InChI=1S/C15H11Cl2NO/c16-11-3-1-9(2-4-11)15(19)13-8-12(17)7-10-5-6-18-14(10)13/h1-4,7-8,18H,5-6H2. The van der Waals surface area contributed by atoms with Crippen molar-refractivity contribution >= 4 is 34.7 Å². The summed E-state index contributed by atoms with van der Waals surface area (Å²) in [5.74, 6) is -0.0372. The molecule has 0 spiro atoms. The van der Waals surface area contributed by atoms with Crippen LogP contribution in [0.3, 0.4) is 0 Å². The third kappa shape index (κ3) is 2.34. The van der Waals surface area contributed by atoms with Crippen LogP contribution in [0.25, 0.3) is 0 Å². The highest BCUT2D eigenvalue weighted by molar-refractivity contribution is 6.32. The van der Waals surface area contributed by atoms with Gasteiger partial charge in [-0.15, -0.1) is 0 Å². The van der Waals surface area contributed by atoms with Crippen LogP contribution in [-0.4, -0.2) is 12.3 Å². The molecule has 1 heterocycles. The highest BCUT2D eigenvalue weighted by Crippen LogP contribution is 2.31. The molecule has 96 valence electrons. The molecule has 0 aliphatic carbocycles. The summed E-state index contributed by atoms with van der Waals surface area (Å²) < 4.78 is 0. The fraction of sp³-hybridized carbons (Fsp3) is 0.133. The number of hydrogen-bond acceptors (Lipinski definition) is 2. The van der Waals surface area contributed by atoms with Crippen LogP contribution < -0.4 is 5.32 Å². The number of anilines is 1. The van der Waals surface area contributed by atoms with Crippen molar-refractivity contribution in [3.63, 3.8) is 0 Å². The molecular weight excluding hydrogens is 281 g/mol. The van der Waals surface area contributed by atoms with Gasteiger partial charge in [-0.1, -0.05) is 23.2 Å². The van der Waals surface area contributed by atoms with Crippen molar-refractivity contribution in [2.45, 2.75) is 6.42 Å². The molecule has 0 fully saturated rings. The van der Waals surface area contributed by atoms with E-state index in [0.717, 1.165) is 24.2 Å². The Morgan fingerprint density at radius 3 is 2.53 bits per heavy atom. The maximum absolute atomic E-state index is 12.5. The molecule has 0 atom stereocenters. The third-order valence-corrected chi connectivity index (χ3v) is 3.70. The molecule has 2 nitrogen and oxygen atoms in total. The first kappa shape index (κ1) is 12.5. The van der Waals surface area contributed by atoms with E-state index < -0.39 is 0 Å². The molecule has 2 aromatic carbocycles. The molecule has 0 amide bonds. The topological polar surface area (TPSA) is 29.1 Å². The van der Waals surface area contributed by atoms with E-state index in [0.29, 0.717) is 21.2 Å². The summed E-state index contributed by atoms with van der Waals surface area (Å²) in [6.07, 6.45) is 0.900. The summed E-state index contributed by atoms with van der Waals surface area (Å²) in [5.41, 5.74) is 3.25. The molecule has 0 bridgehead atoms. The predicted octanol–water partition coefficient (Wildman–Crippen LogP) is 4.19. The quantitative estimate of drug-likeness (QED) is 0.841. The lowest BCUT2D eigenvalue weighted by atomic mass is 9.99.